The van der Waals surface area contributed by atoms with E-state index < -0.39 is 12.1 Å². The molecular formula is C20H30O5. The molecule has 4 N–H and O–H groups in total. The number of phenols is 1. The molecule has 0 aliphatic heterocycles. The van der Waals surface area contributed by atoms with Crippen molar-refractivity contribution in [1.29, 1.82) is 0 Å². The number of benzene rings is 1. The zero-order valence-corrected chi connectivity index (χ0v) is 15.3. The van der Waals surface area contributed by atoms with Crippen molar-refractivity contribution in [2.24, 2.45) is 11.8 Å². The normalized spacial score (nSPS) is 25.2. The van der Waals surface area contributed by atoms with Gasteiger partial charge >= 0.3 is 5.97 Å². The molecule has 5 atom stereocenters. The van der Waals surface area contributed by atoms with Gasteiger partial charge in [-0.1, -0.05) is 33.6 Å². The number of carbonyl (C=O) groups is 1. The molecule has 0 aromatic heterocycles. The molecule has 5 unspecified atom stereocenters. The van der Waals surface area contributed by atoms with E-state index in [0.29, 0.717) is 6.42 Å². The average molecular weight is 350 g/mol. The fraction of sp³-hybridized carbons (Fsp3) is 0.650. The number of aliphatic hydroxyl groups is 2. The van der Waals surface area contributed by atoms with Crippen LogP contribution >= 0.6 is 0 Å². The van der Waals surface area contributed by atoms with Gasteiger partial charge in [-0.3, -0.25) is 0 Å². The van der Waals surface area contributed by atoms with Gasteiger partial charge in [0.2, 0.25) is 0 Å². The topological polar surface area (TPSA) is 98.0 Å². The van der Waals surface area contributed by atoms with E-state index >= 15 is 0 Å². The third-order valence-electron chi connectivity index (χ3n) is 5.58. The lowest BCUT2D eigenvalue weighted by Gasteiger charge is -2.38. The Kier molecular flexibility index (Phi) is 6.47. The van der Waals surface area contributed by atoms with Crippen LogP contribution in [0.2, 0.25) is 0 Å². The van der Waals surface area contributed by atoms with Gasteiger partial charge in [-0.25, -0.2) is 4.79 Å². The van der Waals surface area contributed by atoms with Crippen LogP contribution in [0, 0.1) is 11.8 Å². The predicted octanol–water partition coefficient (Wildman–Crippen LogP) is 3.48. The quantitative estimate of drug-likeness (QED) is 0.603. The Bertz CT molecular complexity index is 612. The Morgan fingerprint density at radius 3 is 2.56 bits per heavy atom. The molecule has 0 bridgehead atoms. The smallest absolute Gasteiger partial charge is 0.335 e. The molecule has 0 saturated heterocycles. The Hall–Kier alpha value is -1.59. The standard InChI is InChI=1S/C20H30O5/c1-11(10-21)5-4-6-12(2)18-15-8-14(20(24)25)9-17(23)19(15)13(3)7-16(18)22/h8-9,11-13,16,18,21-23H,4-7,10H2,1-3H3,(H,24,25). The molecule has 0 heterocycles. The average Bonchev–Trinajstić information content (AvgIpc) is 2.53. The summed E-state index contributed by atoms with van der Waals surface area (Å²) in [6.45, 7) is 6.21. The Balaban J connectivity index is 2.30. The molecule has 1 aromatic rings. The number of hydrogen-bond acceptors (Lipinski definition) is 4. The summed E-state index contributed by atoms with van der Waals surface area (Å²) < 4.78 is 0. The number of aromatic carboxylic acids is 1. The van der Waals surface area contributed by atoms with Gasteiger partial charge in [0.05, 0.1) is 11.7 Å². The summed E-state index contributed by atoms with van der Waals surface area (Å²) in [5.74, 6) is -0.824. The third-order valence-corrected chi connectivity index (χ3v) is 5.58. The van der Waals surface area contributed by atoms with Crippen molar-refractivity contribution >= 4 is 5.97 Å². The number of carboxylic acid groups (broad SMARTS) is 1. The zero-order chi connectivity index (χ0) is 18.7. The second kappa shape index (κ2) is 8.19. The predicted molar refractivity (Wildman–Crippen MR) is 96.1 cm³/mol. The van der Waals surface area contributed by atoms with Gasteiger partial charge in [0.25, 0.3) is 0 Å². The van der Waals surface area contributed by atoms with Crippen molar-refractivity contribution in [2.75, 3.05) is 6.61 Å². The first kappa shape index (κ1) is 19.7. The Morgan fingerprint density at radius 2 is 1.96 bits per heavy atom. The van der Waals surface area contributed by atoms with E-state index in [4.69, 9.17) is 5.11 Å². The molecule has 25 heavy (non-hydrogen) atoms. The van der Waals surface area contributed by atoms with Crippen LogP contribution in [0.1, 0.15) is 79.8 Å². The molecule has 1 aromatic carbocycles. The van der Waals surface area contributed by atoms with Crippen molar-refractivity contribution in [3.63, 3.8) is 0 Å². The highest BCUT2D eigenvalue weighted by Crippen LogP contribution is 2.47. The lowest BCUT2D eigenvalue weighted by atomic mass is 9.69. The van der Waals surface area contributed by atoms with Crippen molar-refractivity contribution < 1.29 is 25.2 Å². The van der Waals surface area contributed by atoms with E-state index in [1.165, 1.54) is 6.07 Å². The third kappa shape index (κ3) is 4.33. The summed E-state index contributed by atoms with van der Waals surface area (Å²) in [6, 6.07) is 2.92. The minimum Gasteiger partial charge on any atom is -0.508 e. The number of aliphatic hydroxyl groups excluding tert-OH is 2. The molecule has 5 nitrogen and oxygen atoms in total. The molecule has 0 spiro atoms. The molecule has 0 fully saturated rings. The van der Waals surface area contributed by atoms with Gasteiger partial charge in [-0.05, 0) is 48.3 Å². The molecule has 5 heteroatoms. The summed E-state index contributed by atoms with van der Waals surface area (Å²) in [4.78, 5) is 11.4. The lowest BCUT2D eigenvalue weighted by Crippen LogP contribution is -2.32. The van der Waals surface area contributed by atoms with Crippen LogP contribution in [-0.4, -0.2) is 39.1 Å². The number of carboxylic acids is 1. The number of rotatable bonds is 7. The molecule has 2 rings (SSSR count). The first-order valence-electron chi connectivity index (χ1n) is 9.15. The van der Waals surface area contributed by atoms with E-state index in [9.17, 15) is 20.1 Å². The van der Waals surface area contributed by atoms with E-state index in [1.54, 1.807) is 6.07 Å². The summed E-state index contributed by atoms with van der Waals surface area (Å²) in [7, 11) is 0. The fourth-order valence-corrected chi connectivity index (χ4v) is 4.17. The maximum absolute atomic E-state index is 11.4. The minimum absolute atomic E-state index is 0.00861. The summed E-state index contributed by atoms with van der Waals surface area (Å²) in [6.07, 6.45) is 2.78. The number of fused-ring (bicyclic) bond motifs is 1. The Labute approximate surface area is 149 Å². The van der Waals surface area contributed by atoms with E-state index in [1.807, 2.05) is 13.8 Å². The van der Waals surface area contributed by atoms with Gasteiger partial charge in [-0.15, -0.1) is 0 Å². The summed E-state index contributed by atoms with van der Waals surface area (Å²) >= 11 is 0. The van der Waals surface area contributed by atoms with Crippen molar-refractivity contribution in [1.82, 2.24) is 0 Å². The fourth-order valence-electron chi connectivity index (χ4n) is 4.17. The van der Waals surface area contributed by atoms with Crippen LogP contribution in [-0.2, 0) is 0 Å². The van der Waals surface area contributed by atoms with Crippen LogP contribution in [0.3, 0.4) is 0 Å². The van der Waals surface area contributed by atoms with E-state index in [2.05, 4.69) is 6.92 Å². The molecule has 0 amide bonds. The van der Waals surface area contributed by atoms with Crippen LogP contribution in [0.15, 0.2) is 12.1 Å². The van der Waals surface area contributed by atoms with Crippen molar-refractivity contribution in [2.45, 2.75) is 64.4 Å². The largest absolute Gasteiger partial charge is 0.508 e. The second-order valence-corrected chi connectivity index (χ2v) is 7.73. The lowest BCUT2D eigenvalue weighted by molar-refractivity contribution is 0.0692. The van der Waals surface area contributed by atoms with Crippen LogP contribution in [0.4, 0.5) is 0 Å². The second-order valence-electron chi connectivity index (χ2n) is 7.73. The molecular weight excluding hydrogens is 320 g/mol. The summed E-state index contributed by atoms with van der Waals surface area (Å²) in [5, 5.41) is 39.5. The Morgan fingerprint density at radius 1 is 1.28 bits per heavy atom. The highest BCUT2D eigenvalue weighted by Gasteiger charge is 2.37. The number of aromatic hydroxyl groups is 1. The van der Waals surface area contributed by atoms with Gasteiger partial charge in [0.1, 0.15) is 5.75 Å². The van der Waals surface area contributed by atoms with Gasteiger partial charge in [0, 0.05) is 18.1 Å². The SMILES string of the molecule is CC(CO)CCCC(C)C1c2cc(C(=O)O)cc(O)c2C(C)CC1O. The number of hydrogen-bond donors (Lipinski definition) is 4. The van der Waals surface area contributed by atoms with Crippen LogP contribution in [0.25, 0.3) is 0 Å². The highest BCUT2D eigenvalue weighted by molar-refractivity contribution is 5.88. The van der Waals surface area contributed by atoms with Crippen LogP contribution < -0.4 is 0 Å². The van der Waals surface area contributed by atoms with Crippen molar-refractivity contribution in [3.05, 3.63) is 28.8 Å². The van der Waals surface area contributed by atoms with Crippen LogP contribution in [0.5, 0.6) is 5.75 Å². The van der Waals surface area contributed by atoms with E-state index in [-0.39, 0.29) is 41.6 Å². The maximum Gasteiger partial charge on any atom is 0.335 e. The number of phenolic OH excluding ortho intramolecular Hbond substituents is 1. The minimum atomic E-state index is -1.08. The first-order chi connectivity index (χ1) is 11.8. The molecule has 1 aliphatic carbocycles. The van der Waals surface area contributed by atoms with Gasteiger partial charge < -0.3 is 20.4 Å². The molecule has 1 aliphatic rings. The van der Waals surface area contributed by atoms with E-state index in [0.717, 1.165) is 30.4 Å². The molecule has 0 radical (unpaired) electrons. The molecule has 140 valence electrons. The van der Waals surface area contributed by atoms with Gasteiger partial charge in [0.15, 0.2) is 0 Å². The highest BCUT2D eigenvalue weighted by atomic mass is 16.4. The van der Waals surface area contributed by atoms with Gasteiger partial charge in [-0.2, -0.15) is 0 Å². The maximum atomic E-state index is 11.4. The zero-order valence-electron chi connectivity index (χ0n) is 15.3. The molecule has 0 saturated carbocycles. The van der Waals surface area contributed by atoms with Crippen molar-refractivity contribution in [3.8, 4) is 5.75 Å². The summed E-state index contributed by atoms with van der Waals surface area (Å²) in [5.41, 5.74) is 1.60. The first-order valence-corrected chi connectivity index (χ1v) is 9.15. The monoisotopic (exact) mass is 350 g/mol.